The largest absolute Gasteiger partial charge is 0.481 e. The maximum absolute atomic E-state index is 12.4. The molecule has 1 aromatic heterocycles. The van der Waals surface area contributed by atoms with E-state index in [9.17, 15) is 14.4 Å². The van der Waals surface area contributed by atoms with Crippen LogP contribution in [0.2, 0.25) is 0 Å². The lowest BCUT2D eigenvalue weighted by molar-refractivity contribution is -0.140. The molecule has 1 aliphatic carbocycles. The van der Waals surface area contributed by atoms with E-state index in [2.05, 4.69) is 27.8 Å². The summed E-state index contributed by atoms with van der Waals surface area (Å²) in [6.45, 7) is 1.62. The van der Waals surface area contributed by atoms with Crippen LogP contribution < -0.4 is 10.6 Å². The first-order valence-corrected chi connectivity index (χ1v) is 10.5. The van der Waals surface area contributed by atoms with E-state index in [-0.39, 0.29) is 30.6 Å². The molecule has 2 aromatic carbocycles. The summed E-state index contributed by atoms with van der Waals surface area (Å²) < 4.78 is 5.49. The summed E-state index contributed by atoms with van der Waals surface area (Å²) in [6.07, 6.45) is -0.679. The molecular weight excluding hydrogens is 422 g/mol. The van der Waals surface area contributed by atoms with Crippen molar-refractivity contribution in [3.8, 4) is 11.1 Å². The zero-order valence-electron chi connectivity index (χ0n) is 17.9. The van der Waals surface area contributed by atoms with Gasteiger partial charge in [-0.15, -0.1) is 0 Å². The number of aromatic nitrogens is 1. The van der Waals surface area contributed by atoms with Crippen LogP contribution >= 0.6 is 0 Å². The van der Waals surface area contributed by atoms with Crippen molar-refractivity contribution in [2.45, 2.75) is 12.8 Å². The fraction of sp³-hybridized carbons (Fsp3) is 0.200. The number of nitrogens with one attached hydrogen (secondary N) is 2. The molecule has 0 bridgehead atoms. The van der Waals surface area contributed by atoms with Gasteiger partial charge in [-0.2, -0.15) is 0 Å². The monoisotopic (exact) mass is 445 g/mol. The number of ether oxygens (including phenoxy) is 1. The minimum absolute atomic E-state index is 0.0279. The minimum Gasteiger partial charge on any atom is -0.481 e. The molecule has 0 saturated carbocycles. The summed E-state index contributed by atoms with van der Waals surface area (Å²) in [5.74, 6) is -2.17. The highest BCUT2D eigenvalue weighted by molar-refractivity contribution is 5.93. The van der Waals surface area contributed by atoms with Gasteiger partial charge < -0.3 is 15.2 Å². The van der Waals surface area contributed by atoms with Gasteiger partial charge in [0.15, 0.2) is 0 Å². The number of pyridine rings is 1. The van der Waals surface area contributed by atoms with Crippen molar-refractivity contribution >= 4 is 23.8 Å². The molecule has 1 aliphatic rings. The van der Waals surface area contributed by atoms with Crippen LogP contribution in [0.15, 0.2) is 66.7 Å². The van der Waals surface area contributed by atoms with Gasteiger partial charge in [0.1, 0.15) is 18.1 Å². The van der Waals surface area contributed by atoms with Gasteiger partial charge >= 0.3 is 12.1 Å². The second kappa shape index (κ2) is 9.52. The number of benzene rings is 2. The number of fused-ring (bicyclic) bond motifs is 3. The molecule has 0 radical (unpaired) electrons. The molecule has 0 saturated heterocycles. The number of aliphatic carboxylic acids is 1. The normalized spacial score (nSPS) is 12.9. The third kappa shape index (κ3) is 4.85. The quantitative estimate of drug-likeness (QED) is 0.508. The van der Waals surface area contributed by atoms with Crippen LogP contribution in [0.3, 0.4) is 0 Å². The fourth-order valence-electron chi connectivity index (χ4n) is 3.79. The average Bonchev–Trinajstić information content (AvgIpc) is 3.15. The summed E-state index contributed by atoms with van der Waals surface area (Å²) in [6, 6.07) is 20.7. The summed E-state index contributed by atoms with van der Waals surface area (Å²) in [7, 11) is 0. The Labute approximate surface area is 190 Å². The van der Waals surface area contributed by atoms with Crippen molar-refractivity contribution in [3.63, 3.8) is 0 Å². The van der Waals surface area contributed by atoms with E-state index in [1.165, 1.54) is 19.1 Å². The van der Waals surface area contributed by atoms with Crippen LogP contribution in [-0.4, -0.2) is 41.2 Å². The number of nitrogens with zero attached hydrogens (tertiary/aromatic N) is 1. The van der Waals surface area contributed by atoms with Crippen molar-refractivity contribution < 1.29 is 24.2 Å². The number of carbonyl (C=O) groups excluding carboxylic acids is 2. The van der Waals surface area contributed by atoms with Crippen LogP contribution in [-0.2, 0) is 9.53 Å². The Morgan fingerprint density at radius 1 is 0.970 bits per heavy atom. The van der Waals surface area contributed by atoms with Crippen molar-refractivity contribution in [2.24, 2.45) is 5.92 Å². The fourth-order valence-corrected chi connectivity index (χ4v) is 3.79. The van der Waals surface area contributed by atoms with Crippen LogP contribution in [0.1, 0.15) is 34.5 Å². The van der Waals surface area contributed by atoms with Gasteiger partial charge in [-0.3, -0.25) is 14.9 Å². The molecule has 8 heteroatoms. The highest BCUT2D eigenvalue weighted by Gasteiger charge is 2.29. The lowest BCUT2D eigenvalue weighted by Gasteiger charge is -2.14. The predicted molar refractivity (Wildman–Crippen MR) is 122 cm³/mol. The minimum atomic E-state index is -1.01. The molecule has 1 atom stereocenters. The molecule has 0 fully saturated rings. The smallest absolute Gasteiger partial charge is 0.412 e. The van der Waals surface area contributed by atoms with E-state index in [0.717, 1.165) is 22.3 Å². The zero-order valence-corrected chi connectivity index (χ0v) is 17.9. The van der Waals surface area contributed by atoms with Gasteiger partial charge in [-0.25, -0.2) is 9.78 Å². The molecule has 3 N–H and O–H groups in total. The molecule has 0 spiro atoms. The van der Waals surface area contributed by atoms with E-state index >= 15 is 0 Å². The van der Waals surface area contributed by atoms with Crippen molar-refractivity contribution in [1.29, 1.82) is 0 Å². The number of anilines is 1. The Morgan fingerprint density at radius 3 is 2.24 bits per heavy atom. The van der Waals surface area contributed by atoms with Gasteiger partial charge in [0.2, 0.25) is 0 Å². The summed E-state index contributed by atoms with van der Waals surface area (Å²) in [5.41, 5.74) is 4.56. The van der Waals surface area contributed by atoms with E-state index in [1.807, 2.05) is 36.4 Å². The first kappa shape index (κ1) is 22.0. The van der Waals surface area contributed by atoms with Crippen molar-refractivity contribution in [2.75, 3.05) is 18.5 Å². The van der Waals surface area contributed by atoms with Crippen molar-refractivity contribution in [3.05, 3.63) is 83.6 Å². The molecule has 8 nitrogen and oxygen atoms in total. The molecular formula is C25H23N3O5. The first-order chi connectivity index (χ1) is 15.9. The molecule has 33 heavy (non-hydrogen) atoms. The zero-order chi connectivity index (χ0) is 23.4. The lowest BCUT2D eigenvalue weighted by atomic mass is 9.98. The van der Waals surface area contributed by atoms with E-state index < -0.39 is 23.9 Å². The van der Waals surface area contributed by atoms with Gasteiger partial charge in [-0.1, -0.05) is 61.5 Å². The Balaban J connectivity index is 1.38. The predicted octanol–water partition coefficient (Wildman–Crippen LogP) is 3.89. The van der Waals surface area contributed by atoms with Gasteiger partial charge in [0.05, 0.1) is 5.92 Å². The Kier molecular flexibility index (Phi) is 6.35. The van der Waals surface area contributed by atoms with Crippen molar-refractivity contribution in [1.82, 2.24) is 10.3 Å². The maximum atomic E-state index is 12.4. The molecule has 0 aliphatic heterocycles. The number of carboxylic acid groups (broad SMARTS) is 1. The third-order valence-electron chi connectivity index (χ3n) is 5.55. The molecule has 4 rings (SSSR count). The Morgan fingerprint density at radius 2 is 1.61 bits per heavy atom. The number of amides is 2. The second-order valence-electron chi connectivity index (χ2n) is 7.81. The second-order valence-corrected chi connectivity index (χ2v) is 7.81. The number of carbonyl (C=O) groups is 3. The Hall–Kier alpha value is -4.20. The third-order valence-corrected chi connectivity index (χ3v) is 5.55. The van der Waals surface area contributed by atoms with Gasteiger partial charge in [-0.05, 0) is 34.4 Å². The molecule has 168 valence electrons. The first-order valence-electron chi connectivity index (χ1n) is 10.5. The molecule has 1 heterocycles. The van der Waals surface area contributed by atoms with Crippen LogP contribution in [0.4, 0.5) is 10.6 Å². The van der Waals surface area contributed by atoms with Crippen LogP contribution in [0.5, 0.6) is 0 Å². The number of hydrogen-bond donors (Lipinski definition) is 3. The highest BCUT2D eigenvalue weighted by Crippen LogP contribution is 2.44. The highest BCUT2D eigenvalue weighted by atomic mass is 16.5. The summed E-state index contributed by atoms with van der Waals surface area (Å²) >= 11 is 0. The topological polar surface area (TPSA) is 118 Å². The van der Waals surface area contributed by atoms with E-state index in [0.29, 0.717) is 0 Å². The van der Waals surface area contributed by atoms with Gasteiger partial charge in [0.25, 0.3) is 5.91 Å². The number of hydrogen-bond acceptors (Lipinski definition) is 5. The van der Waals surface area contributed by atoms with E-state index in [4.69, 9.17) is 9.84 Å². The SMILES string of the molecule is CC(CNC(=O)c1cccc(NC(=O)OCC2c3ccccc3-c3ccccc32)n1)C(=O)O. The van der Waals surface area contributed by atoms with E-state index in [1.54, 1.807) is 6.07 Å². The van der Waals surface area contributed by atoms with Gasteiger partial charge in [0, 0.05) is 12.5 Å². The average molecular weight is 445 g/mol. The molecule has 2 amide bonds. The maximum Gasteiger partial charge on any atom is 0.412 e. The number of rotatable bonds is 7. The van der Waals surface area contributed by atoms with Crippen LogP contribution in [0.25, 0.3) is 11.1 Å². The standard InChI is InChI=1S/C25H23N3O5/c1-15(24(30)31)13-26-23(29)21-11-6-12-22(27-21)28-25(32)33-14-20-18-9-4-2-7-16(18)17-8-3-5-10-19(17)20/h2-12,15,20H,13-14H2,1H3,(H,26,29)(H,30,31)(H,27,28,32). The number of carboxylic acids is 1. The molecule has 3 aromatic rings. The lowest BCUT2D eigenvalue weighted by Crippen LogP contribution is -2.32. The summed E-state index contributed by atoms with van der Waals surface area (Å²) in [4.78, 5) is 39.7. The Bertz CT molecular complexity index is 1160. The van der Waals surface area contributed by atoms with Crippen LogP contribution in [0, 0.1) is 5.92 Å². The molecule has 1 unspecified atom stereocenters. The summed E-state index contributed by atoms with van der Waals surface area (Å²) in [5, 5.41) is 14.0.